The summed E-state index contributed by atoms with van der Waals surface area (Å²) < 4.78 is 5.27. The van der Waals surface area contributed by atoms with E-state index in [1.807, 2.05) is 66.4 Å². The van der Waals surface area contributed by atoms with Gasteiger partial charge in [0.05, 0.1) is 12.7 Å². The molecule has 0 unspecified atom stereocenters. The van der Waals surface area contributed by atoms with Gasteiger partial charge in [-0.25, -0.2) is 0 Å². The number of hydrogen-bond donors (Lipinski definition) is 0. The number of ether oxygens (including phenoxy) is 1. The van der Waals surface area contributed by atoms with E-state index in [0.717, 1.165) is 30.5 Å². The van der Waals surface area contributed by atoms with Crippen molar-refractivity contribution >= 4 is 23.1 Å². The molecule has 0 N–H and O–H groups in total. The van der Waals surface area contributed by atoms with Gasteiger partial charge >= 0.3 is 0 Å². The average Bonchev–Trinajstić information content (AvgIpc) is 3.07. The van der Waals surface area contributed by atoms with Crippen molar-refractivity contribution in [1.82, 2.24) is 4.90 Å². The SMILES string of the molecule is CCCCCCCCN1C(=O)C(c2ccc(OC)cc2)=C(N(CC)c2ccccc2)C1=O. The van der Waals surface area contributed by atoms with Crippen molar-refractivity contribution in [3.8, 4) is 5.75 Å². The average molecular weight is 435 g/mol. The molecule has 0 bridgehead atoms. The zero-order chi connectivity index (χ0) is 22.9. The van der Waals surface area contributed by atoms with Crippen LogP contribution in [0.2, 0.25) is 0 Å². The molecule has 3 rings (SSSR count). The van der Waals surface area contributed by atoms with Gasteiger partial charge in [0.1, 0.15) is 11.4 Å². The summed E-state index contributed by atoms with van der Waals surface area (Å²) in [6.07, 6.45) is 6.64. The predicted octanol–water partition coefficient (Wildman–Crippen LogP) is 5.66. The number of hydrogen-bond acceptors (Lipinski definition) is 4. The number of para-hydroxylation sites is 1. The van der Waals surface area contributed by atoms with Gasteiger partial charge in [0.2, 0.25) is 0 Å². The molecule has 170 valence electrons. The van der Waals surface area contributed by atoms with Crippen LogP contribution in [0.15, 0.2) is 60.3 Å². The molecule has 2 aromatic carbocycles. The normalized spacial score (nSPS) is 13.8. The van der Waals surface area contributed by atoms with E-state index in [4.69, 9.17) is 4.74 Å². The number of likely N-dealkylation sites (N-methyl/N-ethyl adjacent to an activating group) is 1. The van der Waals surface area contributed by atoms with Gasteiger partial charge in [-0.1, -0.05) is 69.4 Å². The molecular weight excluding hydrogens is 400 g/mol. The molecule has 0 fully saturated rings. The third kappa shape index (κ3) is 5.21. The monoisotopic (exact) mass is 434 g/mol. The maximum atomic E-state index is 13.5. The number of carbonyl (C=O) groups excluding carboxylic acids is 2. The highest BCUT2D eigenvalue weighted by molar-refractivity contribution is 6.36. The molecule has 0 radical (unpaired) electrons. The molecule has 2 amide bonds. The summed E-state index contributed by atoms with van der Waals surface area (Å²) in [5.74, 6) is 0.296. The number of carbonyl (C=O) groups is 2. The fourth-order valence-corrected chi connectivity index (χ4v) is 4.16. The summed E-state index contributed by atoms with van der Waals surface area (Å²) in [4.78, 5) is 30.4. The van der Waals surface area contributed by atoms with E-state index in [2.05, 4.69) is 6.92 Å². The molecule has 1 aliphatic heterocycles. The molecule has 0 saturated carbocycles. The second-order valence-corrected chi connectivity index (χ2v) is 8.06. The second-order valence-electron chi connectivity index (χ2n) is 8.06. The lowest BCUT2D eigenvalue weighted by Gasteiger charge is -2.25. The third-order valence-corrected chi connectivity index (χ3v) is 5.91. The summed E-state index contributed by atoms with van der Waals surface area (Å²) in [6, 6.07) is 17.1. The summed E-state index contributed by atoms with van der Waals surface area (Å²) in [6.45, 7) is 5.24. The van der Waals surface area contributed by atoms with Crippen LogP contribution in [0.5, 0.6) is 5.75 Å². The van der Waals surface area contributed by atoms with Crippen molar-refractivity contribution < 1.29 is 14.3 Å². The summed E-state index contributed by atoms with van der Waals surface area (Å²) in [5, 5.41) is 0. The third-order valence-electron chi connectivity index (χ3n) is 5.91. The van der Waals surface area contributed by atoms with Crippen LogP contribution in [-0.4, -0.2) is 36.9 Å². The highest BCUT2D eigenvalue weighted by Crippen LogP contribution is 2.35. The maximum absolute atomic E-state index is 13.5. The fourth-order valence-electron chi connectivity index (χ4n) is 4.16. The highest BCUT2D eigenvalue weighted by atomic mass is 16.5. The van der Waals surface area contributed by atoms with Crippen molar-refractivity contribution in [3.63, 3.8) is 0 Å². The van der Waals surface area contributed by atoms with Crippen molar-refractivity contribution in [2.45, 2.75) is 52.4 Å². The van der Waals surface area contributed by atoms with Gasteiger partial charge in [0, 0.05) is 18.8 Å². The standard InChI is InChI=1S/C27H34N2O3/c1-4-6-7-8-9-13-20-29-26(30)24(21-16-18-23(32-3)19-17-21)25(27(29)31)28(5-2)22-14-11-10-12-15-22/h10-12,14-19H,4-9,13,20H2,1-3H3. The topological polar surface area (TPSA) is 49.9 Å². The first-order chi connectivity index (χ1) is 15.6. The van der Waals surface area contributed by atoms with Gasteiger partial charge in [-0.15, -0.1) is 0 Å². The molecule has 2 aromatic rings. The number of rotatable bonds is 12. The van der Waals surface area contributed by atoms with Crippen LogP contribution in [0.4, 0.5) is 5.69 Å². The Labute approximate surface area is 191 Å². The molecule has 0 atom stereocenters. The van der Waals surface area contributed by atoms with Crippen LogP contribution in [0.3, 0.4) is 0 Å². The zero-order valence-electron chi connectivity index (χ0n) is 19.5. The first-order valence-electron chi connectivity index (χ1n) is 11.7. The molecule has 0 aliphatic carbocycles. The van der Waals surface area contributed by atoms with E-state index in [9.17, 15) is 9.59 Å². The molecular formula is C27H34N2O3. The van der Waals surface area contributed by atoms with Crippen LogP contribution in [0, 0.1) is 0 Å². The zero-order valence-corrected chi connectivity index (χ0v) is 19.5. The Morgan fingerprint density at radius 3 is 2.09 bits per heavy atom. The Hall–Kier alpha value is -3.08. The summed E-state index contributed by atoms with van der Waals surface area (Å²) in [7, 11) is 1.61. The number of methoxy groups -OCH3 is 1. The van der Waals surface area contributed by atoms with Gasteiger partial charge < -0.3 is 9.64 Å². The van der Waals surface area contributed by atoms with E-state index >= 15 is 0 Å². The molecule has 0 spiro atoms. The Bertz CT molecular complexity index is 935. The first-order valence-corrected chi connectivity index (χ1v) is 11.7. The van der Waals surface area contributed by atoms with Crippen LogP contribution in [0.1, 0.15) is 57.9 Å². The Morgan fingerprint density at radius 1 is 0.812 bits per heavy atom. The van der Waals surface area contributed by atoms with Crippen molar-refractivity contribution in [3.05, 3.63) is 65.9 Å². The number of anilines is 1. The van der Waals surface area contributed by atoms with Gasteiger partial charge in [-0.2, -0.15) is 0 Å². The number of amides is 2. The highest BCUT2D eigenvalue weighted by Gasteiger charge is 2.41. The Balaban J connectivity index is 1.92. The van der Waals surface area contributed by atoms with E-state index in [1.54, 1.807) is 7.11 Å². The molecule has 5 heteroatoms. The minimum Gasteiger partial charge on any atom is -0.497 e. The lowest BCUT2D eigenvalue weighted by molar-refractivity contribution is -0.137. The van der Waals surface area contributed by atoms with Crippen LogP contribution >= 0.6 is 0 Å². The Kier molecular flexibility index (Phi) is 8.48. The molecule has 5 nitrogen and oxygen atoms in total. The lowest BCUT2D eigenvalue weighted by atomic mass is 10.0. The van der Waals surface area contributed by atoms with Crippen LogP contribution in [-0.2, 0) is 9.59 Å². The molecule has 0 aromatic heterocycles. The first kappa shape index (κ1) is 23.6. The van der Waals surface area contributed by atoms with Gasteiger partial charge in [-0.3, -0.25) is 14.5 Å². The Morgan fingerprint density at radius 2 is 1.47 bits per heavy atom. The lowest BCUT2D eigenvalue weighted by Crippen LogP contribution is -2.36. The molecule has 1 heterocycles. The number of benzene rings is 2. The molecule has 32 heavy (non-hydrogen) atoms. The quantitative estimate of drug-likeness (QED) is 0.319. The minimum atomic E-state index is -0.210. The molecule has 0 saturated heterocycles. The van der Waals surface area contributed by atoms with Crippen LogP contribution < -0.4 is 9.64 Å². The van der Waals surface area contributed by atoms with E-state index in [1.165, 1.54) is 24.2 Å². The van der Waals surface area contributed by atoms with E-state index < -0.39 is 0 Å². The van der Waals surface area contributed by atoms with Crippen molar-refractivity contribution in [2.24, 2.45) is 0 Å². The smallest absolute Gasteiger partial charge is 0.278 e. The summed E-state index contributed by atoms with van der Waals surface area (Å²) in [5.41, 5.74) is 2.56. The molecule has 1 aliphatic rings. The van der Waals surface area contributed by atoms with Crippen molar-refractivity contribution in [2.75, 3.05) is 25.1 Å². The second kappa shape index (κ2) is 11.5. The van der Waals surface area contributed by atoms with Gasteiger partial charge in [-0.05, 0) is 43.2 Å². The summed E-state index contributed by atoms with van der Waals surface area (Å²) >= 11 is 0. The number of unbranched alkanes of at least 4 members (excludes halogenated alkanes) is 5. The number of nitrogens with zero attached hydrogens (tertiary/aromatic N) is 2. The van der Waals surface area contributed by atoms with Crippen molar-refractivity contribution in [1.29, 1.82) is 0 Å². The fraction of sp³-hybridized carbons (Fsp3) is 0.407. The van der Waals surface area contributed by atoms with Gasteiger partial charge in [0.25, 0.3) is 11.8 Å². The van der Waals surface area contributed by atoms with E-state index in [-0.39, 0.29) is 11.8 Å². The predicted molar refractivity (Wildman–Crippen MR) is 129 cm³/mol. The largest absolute Gasteiger partial charge is 0.497 e. The van der Waals surface area contributed by atoms with Gasteiger partial charge in [0.15, 0.2) is 0 Å². The minimum absolute atomic E-state index is 0.208. The maximum Gasteiger partial charge on any atom is 0.278 e. The van der Waals surface area contributed by atoms with Crippen LogP contribution in [0.25, 0.3) is 5.57 Å². The van der Waals surface area contributed by atoms with E-state index in [0.29, 0.717) is 30.1 Å². The number of imide groups is 1.